The van der Waals surface area contributed by atoms with Gasteiger partial charge in [0.25, 0.3) is 0 Å². The SMILES string of the molecule is CCOC(CCNC(=NC)NC1CCN(Cc2ccccn2)CC1)C(C)C.I. The molecule has 28 heavy (non-hydrogen) atoms. The summed E-state index contributed by atoms with van der Waals surface area (Å²) >= 11 is 0. The zero-order valence-corrected chi connectivity index (χ0v) is 20.2. The van der Waals surface area contributed by atoms with E-state index in [1.165, 1.54) is 0 Å². The van der Waals surface area contributed by atoms with Crippen molar-refractivity contribution in [2.24, 2.45) is 10.9 Å². The monoisotopic (exact) mass is 503 g/mol. The Morgan fingerprint density at radius 3 is 2.64 bits per heavy atom. The van der Waals surface area contributed by atoms with Gasteiger partial charge in [0.05, 0.1) is 11.8 Å². The number of ether oxygens (including phenoxy) is 1. The Morgan fingerprint density at radius 2 is 2.07 bits per heavy atom. The highest BCUT2D eigenvalue weighted by Crippen LogP contribution is 2.13. The molecule has 1 aliphatic heterocycles. The lowest BCUT2D eigenvalue weighted by Gasteiger charge is -2.33. The Hall–Kier alpha value is -0.930. The van der Waals surface area contributed by atoms with Gasteiger partial charge in [-0.1, -0.05) is 19.9 Å². The number of aromatic nitrogens is 1. The molecule has 2 N–H and O–H groups in total. The predicted molar refractivity (Wildman–Crippen MR) is 127 cm³/mol. The molecule has 0 aliphatic carbocycles. The molecular weight excluding hydrogens is 465 g/mol. The van der Waals surface area contributed by atoms with E-state index < -0.39 is 0 Å². The van der Waals surface area contributed by atoms with Crippen molar-refractivity contribution in [3.05, 3.63) is 30.1 Å². The Morgan fingerprint density at radius 1 is 1.32 bits per heavy atom. The van der Waals surface area contributed by atoms with Crippen LogP contribution in [-0.2, 0) is 11.3 Å². The second kappa shape index (κ2) is 14.1. The van der Waals surface area contributed by atoms with E-state index in [0.717, 1.165) is 63.7 Å². The minimum Gasteiger partial charge on any atom is -0.378 e. The van der Waals surface area contributed by atoms with Gasteiger partial charge in [0, 0.05) is 52.1 Å². The van der Waals surface area contributed by atoms with Gasteiger partial charge in [-0.15, -0.1) is 24.0 Å². The third kappa shape index (κ3) is 9.05. The topological polar surface area (TPSA) is 61.8 Å². The maximum Gasteiger partial charge on any atom is 0.191 e. The molecule has 160 valence electrons. The molecule has 0 radical (unpaired) electrons. The van der Waals surface area contributed by atoms with Crippen LogP contribution >= 0.6 is 24.0 Å². The first-order valence-corrected chi connectivity index (χ1v) is 10.3. The van der Waals surface area contributed by atoms with Crippen molar-refractivity contribution in [1.29, 1.82) is 0 Å². The van der Waals surface area contributed by atoms with E-state index in [0.29, 0.717) is 18.1 Å². The van der Waals surface area contributed by atoms with Crippen molar-refractivity contribution in [2.75, 3.05) is 33.3 Å². The van der Waals surface area contributed by atoms with E-state index >= 15 is 0 Å². The van der Waals surface area contributed by atoms with Crippen molar-refractivity contribution in [1.82, 2.24) is 20.5 Å². The smallest absolute Gasteiger partial charge is 0.191 e. The van der Waals surface area contributed by atoms with Crippen molar-refractivity contribution < 1.29 is 4.74 Å². The molecule has 6 nitrogen and oxygen atoms in total. The minimum absolute atomic E-state index is 0. The second-order valence-corrected chi connectivity index (χ2v) is 7.54. The van der Waals surface area contributed by atoms with Crippen LogP contribution in [0.5, 0.6) is 0 Å². The summed E-state index contributed by atoms with van der Waals surface area (Å²) in [5, 5.41) is 7.03. The summed E-state index contributed by atoms with van der Waals surface area (Å²) in [7, 11) is 1.84. The summed E-state index contributed by atoms with van der Waals surface area (Å²) in [6.45, 7) is 11.3. The zero-order valence-electron chi connectivity index (χ0n) is 17.9. The van der Waals surface area contributed by atoms with E-state index in [9.17, 15) is 0 Å². The van der Waals surface area contributed by atoms with Crippen LogP contribution in [-0.4, -0.2) is 61.3 Å². The molecule has 1 fully saturated rings. The Bertz CT molecular complexity index is 547. The molecule has 0 spiro atoms. The number of piperidine rings is 1. The summed E-state index contributed by atoms with van der Waals surface area (Å²) in [6, 6.07) is 6.60. The molecule has 0 saturated carbocycles. The lowest BCUT2D eigenvalue weighted by atomic mass is 10.0. The molecule has 1 saturated heterocycles. The van der Waals surface area contributed by atoms with Gasteiger partial charge in [0.2, 0.25) is 0 Å². The second-order valence-electron chi connectivity index (χ2n) is 7.54. The molecule has 2 heterocycles. The van der Waals surface area contributed by atoms with E-state index in [-0.39, 0.29) is 24.0 Å². The Labute approximate surface area is 187 Å². The Kier molecular flexibility index (Phi) is 12.7. The van der Waals surface area contributed by atoms with Crippen LogP contribution in [0.25, 0.3) is 0 Å². The number of aliphatic imine (C=N–C) groups is 1. The molecule has 1 aromatic rings. The largest absolute Gasteiger partial charge is 0.378 e. The van der Waals surface area contributed by atoms with Gasteiger partial charge >= 0.3 is 0 Å². The number of nitrogens with one attached hydrogen (secondary N) is 2. The first kappa shape index (κ1) is 25.1. The first-order chi connectivity index (χ1) is 13.1. The molecule has 0 amide bonds. The van der Waals surface area contributed by atoms with E-state index in [2.05, 4.69) is 58.4 Å². The molecule has 2 rings (SSSR count). The lowest BCUT2D eigenvalue weighted by molar-refractivity contribution is 0.0258. The third-order valence-corrected chi connectivity index (χ3v) is 5.11. The number of halogens is 1. The van der Waals surface area contributed by atoms with Crippen LogP contribution < -0.4 is 10.6 Å². The van der Waals surface area contributed by atoms with Crippen LogP contribution in [0.2, 0.25) is 0 Å². The number of guanidine groups is 1. The summed E-state index contributed by atoms with van der Waals surface area (Å²) in [5.74, 6) is 1.43. The lowest BCUT2D eigenvalue weighted by Crippen LogP contribution is -2.49. The number of rotatable bonds is 9. The molecule has 1 unspecified atom stereocenters. The molecule has 0 bridgehead atoms. The van der Waals surface area contributed by atoms with Crippen LogP contribution in [0.15, 0.2) is 29.4 Å². The zero-order chi connectivity index (χ0) is 19.5. The molecule has 0 aromatic carbocycles. The highest BCUT2D eigenvalue weighted by Gasteiger charge is 2.20. The molecule has 7 heteroatoms. The standard InChI is InChI=1S/C21H37N5O.HI/c1-5-27-20(17(2)3)9-13-24-21(22-4)25-18-10-14-26(15-11-18)16-19-8-6-7-12-23-19;/h6-8,12,17-18,20H,5,9-11,13-16H2,1-4H3,(H2,22,24,25);1H. The van der Waals surface area contributed by atoms with Crippen LogP contribution in [0.1, 0.15) is 45.7 Å². The van der Waals surface area contributed by atoms with Gasteiger partial charge in [-0.25, -0.2) is 0 Å². The van der Waals surface area contributed by atoms with Gasteiger partial charge in [-0.2, -0.15) is 0 Å². The van der Waals surface area contributed by atoms with Crippen molar-refractivity contribution in [2.45, 2.75) is 58.7 Å². The van der Waals surface area contributed by atoms with Gasteiger partial charge in [-0.05, 0) is 44.2 Å². The molecular formula is C21H38IN5O. The number of likely N-dealkylation sites (tertiary alicyclic amines) is 1. The average molecular weight is 503 g/mol. The van der Waals surface area contributed by atoms with Crippen molar-refractivity contribution in [3.8, 4) is 0 Å². The maximum atomic E-state index is 5.82. The summed E-state index contributed by atoms with van der Waals surface area (Å²) in [4.78, 5) is 11.3. The van der Waals surface area contributed by atoms with Crippen molar-refractivity contribution >= 4 is 29.9 Å². The van der Waals surface area contributed by atoms with Crippen LogP contribution in [0.4, 0.5) is 0 Å². The molecule has 1 aromatic heterocycles. The maximum absolute atomic E-state index is 5.82. The number of hydrogen-bond acceptors (Lipinski definition) is 4. The summed E-state index contributed by atoms with van der Waals surface area (Å²) in [6.07, 6.45) is 5.42. The van der Waals surface area contributed by atoms with E-state index in [1.807, 2.05) is 19.3 Å². The normalized spacial score (nSPS) is 17.2. The predicted octanol–water partition coefficient (Wildman–Crippen LogP) is 3.28. The van der Waals surface area contributed by atoms with Crippen LogP contribution in [0, 0.1) is 5.92 Å². The average Bonchev–Trinajstić information content (AvgIpc) is 2.68. The fourth-order valence-electron chi connectivity index (χ4n) is 3.50. The fourth-order valence-corrected chi connectivity index (χ4v) is 3.50. The van der Waals surface area contributed by atoms with Gasteiger partial charge in [-0.3, -0.25) is 14.9 Å². The number of hydrogen-bond donors (Lipinski definition) is 2. The first-order valence-electron chi connectivity index (χ1n) is 10.3. The van der Waals surface area contributed by atoms with Gasteiger partial charge < -0.3 is 15.4 Å². The highest BCUT2D eigenvalue weighted by atomic mass is 127. The Balaban J connectivity index is 0.00000392. The third-order valence-electron chi connectivity index (χ3n) is 5.11. The van der Waals surface area contributed by atoms with Crippen molar-refractivity contribution in [3.63, 3.8) is 0 Å². The van der Waals surface area contributed by atoms with E-state index in [4.69, 9.17) is 4.74 Å². The van der Waals surface area contributed by atoms with Gasteiger partial charge in [0.15, 0.2) is 5.96 Å². The summed E-state index contributed by atoms with van der Waals surface area (Å²) in [5.41, 5.74) is 1.15. The molecule has 1 atom stereocenters. The highest BCUT2D eigenvalue weighted by molar-refractivity contribution is 14.0. The minimum atomic E-state index is 0. The van der Waals surface area contributed by atoms with Gasteiger partial charge in [0.1, 0.15) is 0 Å². The number of pyridine rings is 1. The number of nitrogens with zero attached hydrogens (tertiary/aromatic N) is 3. The summed E-state index contributed by atoms with van der Waals surface area (Å²) < 4.78 is 5.82. The molecule has 1 aliphatic rings. The fraction of sp³-hybridized carbons (Fsp3) is 0.714. The van der Waals surface area contributed by atoms with Crippen LogP contribution in [0.3, 0.4) is 0 Å². The quantitative estimate of drug-likeness (QED) is 0.308. The van der Waals surface area contributed by atoms with E-state index in [1.54, 1.807) is 0 Å².